The molecule has 32 heavy (non-hydrogen) atoms. The number of amides is 3. The highest BCUT2D eigenvalue weighted by Gasteiger charge is 2.33. The van der Waals surface area contributed by atoms with E-state index in [1.54, 1.807) is 19.2 Å². The number of nitrogens with zero attached hydrogens (tertiary/aromatic N) is 1. The molecule has 0 saturated heterocycles. The van der Waals surface area contributed by atoms with Crippen LogP contribution < -0.4 is 10.6 Å². The van der Waals surface area contributed by atoms with Crippen LogP contribution >= 0.6 is 11.3 Å². The summed E-state index contributed by atoms with van der Waals surface area (Å²) in [5, 5.41) is 7.64. The van der Waals surface area contributed by atoms with Gasteiger partial charge in [0, 0.05) is 19.7 Å². The van der Waals surface area contributed by atoms with Crippen molar-refractivity contribution in [3.63, 3.8) is 0 Å². The Kier molecular flexibility index (Phi) is 8.81. The highest BCUT2D eigenvalue weighted by Crippen LogP contribution is 2.26. The Morgan fingerprint density at radius 2 is 1.91 bits per heavy atom. The molecular weight excluding hydrogens is 426 g/mol. The van der Waals surface area contributed by atoms with Gasteiger partial charge >= 0.3 is 0 Å². The van der Waals surface area contributed by atoms with Crippen molar-refractivity contribution in [1.29, 1.82) is 0 Å². The van der Waals surface area contributed by atoms with Crippen molar-refractivity contribution in [2.24, 2.45) is 0 Å². The third kappa shape index (κ3) is 6.17. The molecule has 1 aromatic heterocycles. The quantitative estimate of drug-likeness (QED) is 0.574. The summed E-state index contributed by atoms with van der Waals surface area (Å²) in [5.74, 6) is -0.829. The molecule has 2 N–H and O–H groups in total. The van der Waals surface area contributed by atoms with E-state index < -0.39 is 6.04 Å². The average molecular weight is 458 g/mol. The lowest BCUT2D eigenvalue weighted by molar-refractivity contribution is -0.141. The van der Waals surface area contributed by atoms with Gasteiger partial charge in [0.15, 0.2) is 0 Å². The molecule has 1 unspecified atom stereocenters. The lowest BCUT2D eigenvalue weighted by Gasteiger charge is -2.33. The fourth-order valence-corrected chi connectivity index (χ4v) is 4.67. The standard InChI is InChI=1S/C24H31N3O4S/c1-17-8-3-6-11-19(17)22(24(30)26-18-9-4-5-10-18)27(13-14-31-2)21(28)16-25-23(29)20-12-7-15-32-20/h3,6-8,11-12,15,18,22H,4-5,9-10,13-14,16H2,1-2H3,(H,25,29)(H,26,30). The zero-order valence-corrected chi connectivity index (χ0v) is 19.5. The van der Waals surface area contributed by atoms with Crippen molar-refractivity contribution in [2.45, 2.75) is 44.7 Å². The number of nitrogens with one attached hydrogen (secondary N) is 2. The summed E-state index contributed by atoms with van der Waals surface area (Å²) in [7, 11) is 1.56. The number of hydrogen-bond donors (Lipinski definition) is 2. The topological polar surface area (TPSA) is 87.7 Å². The van der Waals surface area contributed by atoms with Gasteiger partial charge in [0.25, 0.3) is 5.91 Å². The van der Waals surface area contributed by atoms with Gasteiger partial charge in [-0.25, -0.2) is 0 Å². The maximum Gasteiger partial charge on any atom is 0.261 e. The zero-order chi connectivity index (χ0) is 22.9. The van der Waals surface area contributed by atoms with E-state index >= 15 is 0 Å². The molecule has 1 saturated carbocycles. The maximum absolute atomic E-state index is 13.5. The van der Waals surface area contributed by atoms with E-state index in [1.165, 1.54) is 16.2 Å². The molecule has 0 bridgehead atoms. The van der Waals surface area contributed by atoms with Crippen LogP contribution in [0.5, 0.6) is 0 Å². The van der Waals surface area contributed by atoms with Crippen LogP contribution in [0.1, 0.15) is 52.5 Å². The molecule has 1 fully saturated rings. The molecule has 1 heterocycles. The third-order valence-electron chi connectivity index (χ3n) is 5.75. The van der Waals surface area contributed by atoms with Crippen LogP contribution in [-0.4, -0.2) is 55.5 Å². The molecule has 8 heteroatoms. The Morgan fingerprint density at radius 3 is 2.56 bits per heavy atom. The summed E-state index contributed by atoms with van der Waals surface area (Å²) in [6.45, 7) is 2.26. The summed E-state index contributed by atoms with van der Waals surface area (Å²) in [4.78, 5) is 41.1. The predicted octanol–water partition coefficient (Wildman–Crippen LogP) is 3.06. The largest absolute Gasteiger partial charge is 0.383 e. The molecule has 0 radical (unpaired) electrons. The van der Waals surface area contributed by atoms with Crippen molar-refractivity contribution >= 4 is 29.1 Å². The van der Waals surface area contributed by atoms with Crippen LogP contribution in [0.25, 0.3) is 0 Å². The number of carbonyl (C=O) groups is 3. The number of methoxy groups -OCH3 is 1. The molecule has 172 valence electrons. The number of benzene rings is 1. The lowest BCUT2D eigenvalue weighted by atomic mass is 9.98. The van der Waals surface area contributed by atoms with Crippen molar-refractivity contribution in [2.75, 3.05) is 26.8 Å². The van der Waals surface area contributed by atoms with Crippen molar-refractivity contribution in [1.82, 2.24) is 15.5 Å². The molecule has 3 amide bonds. The van der Waals surface area contributed by atoms with Crippen LogP contribution in [0.15, 0.2) is 41.8 Å². The van der Waals surface area contributed by atoms with E-state index in [-0.39, 0.29) is 43.5 Å². The second-order valence-corrected chi connectivity index (χ2v) is 8.94. The third-order valence-corrected chi connectivity index (χ3v) is 6.62. The van der Waals surface area contributed by atoms with Gasteiger partial charge in [-0.3, -0.25) is 14.4 Å². The van der Waals surface area contributed by atoms with Crippen LogP contribution in [0.2, 0.25) is 0 Å². The Morgan fingerprint density at radius 1 is 1.16 bits per heavy atom. The molecular formula is C24H31N3O4S. The second kappa shape index (κ2) is 11.8. The van der Waals surface area contributed by atoms with Crippen molar-refractivity contribution in [3.05, 3.63) is 57.8 Å². The monoisotopic (exact) mass is 457 g/mol. The molecule has 1 aliphatic carbocycles. The van der Waals surface area contributed by atoms with Gasteiger partial charge in [0.05, 0.1) is 18.0 Å². The van der Waals surface area contributed by atoms with E-state index in [0.29, 0.717) is 4.88 Å². The number of aryl methyl sites for hydroxylation is 1. The molecule has 3 rings (SSSR count). The van der Waals surface area contributed by atoms with E-state index in [9.17, 15) is 14.4 Å². The first-order valence-electron chi connectivity index (χ1n) is 11.0. The molecule has 7 nitrogen and oxygen atoms in total. The van der Waals surface area contributed by atoms with Gasteiger partial charge in [-0.2, -0.15) is 0 Å². The molecule has 0 aliphatic heterocycles. The molecule has 1 aromatic carbocycles. The summed E-state index contributed by atoms with van der Waals surface area (Å²) >= 11 is 1.31. The van der Waals surface area contributed by atoms with Gasteiger partial charge in [-0.1, -0.05) is 43.2 Å². The summed E-state index contributed by atoms with van der Waals surface area (Å²) in [6, 6.07) is 10.4. The summed E-state index contributed by atoms with van der Waals surface area (Å²) in [5.41, 5.74) is 1.70. The first-order chi connectivity index (χ1) is 15.5. The van der Waals surface area contributed by atoms with Crippen LogP contribution in [0, 0.1) is 6.92 Å². The Labute approximate surface area is 193 Å². The number of ether oxygens (including phenoxy) is 1. The molecule has 2 aromatic rings. The summed E-state index contributed by atoms with van der Waals surface area (Å²) < 4.78 is 5.23. The smallest absolute Gasteiger partial charge is 0.261 e. The Hall–Kier alpha value is -2.71. The Bertz CT molecular complexity index is 910. The Balaban J connectivity index is 1.83. The SMILES string of the molecule is COCCN(C(=O)CNC(=O)c1cccs1)C(C(=O)NC1CCCC1)c1ccccc1C. The zero-order valence-electron chi connectivity index (χ0n) is 18.6. The minimum atomic E-state index is -0.793. The van der Waals surface area contributed by atoms with Crippen LogP contribution in [-0.2, 0) is 14.3 Å². The highest BCUT2D eigenvalue weighted by molar-refractivity contribution is 7.12. The van der Waals surface area contributed by atoms with E-state index in [4.69, 9.17) is 4.74 Å². The van der Waals surface area contributed by atoms with Crippen molar-refractivity contribution in [3.8, 4) is 0 Å². The minimum absolute atomic E-state index is 0.131. The van der Waals surface area contributed by atoms with Crippen LogP contribution in [0.3, 0.4) is 0 Å². The number of carbonyl (C=O) groups excluding carboxylic acids is 3. The summed E-state index contributed by atoms with van der Waals surface area (Å²) in [6.07, 6.45) is 4.10. The first-order valence-corrected chi connectivity index (χ1v) is 11.8. The number of thiophene rings is 1. The highest BCUT2D eigenvalue weighted by atomic mass is 32.1. The average Bonchev–Trinajstić information content (AvgIpc) is 3.50. The predicted molar refractivity (Wildman–Crippen MR) is 125 cm³/mol. The van der Waals surface area contributed by atoms with Gasteiger partial charge in [-0.05, 0) is 42.3 Å². The molecule has 1 aliphatic rings. The van der Waals surface area contributed by atoms with Gasteiger partial charge in [0.2, 0.25) is 11.8 Å². The van der Waals surface area contributed by atoms with Gasteiger partial charge in [0.1, 0.15) is 6.04 Å². The van der Waals surface area contributed by atoms with E-state index in [0.717, 1.165) is 36.8 Å². The fourth-order valence-electron chi connectivity index (χ4n) is 4.03. The van der Waals surface area contributed by atoms with Crippen molar-refractivity contribution < 1.29 is 19.1 Å². The number of hydrogen-bond acceptors (Lipinski definition) is 5. The normalized spacial score (nSPS) is 14.7. The first kappa shape index (κ1) is 23.9. The lowest BCUT2D eigenvalue weighted by Crippen LogP contribution is -2.50. The van der Waals surface area contributed by atoms with Gasteiger partial charge in [-0.15, -0.1) is 11.3 Å². The minimum Gasteiger partial charge on any atom is -0.383 e. The van der Waals surface area contributed by atoms with Crippen LogP contribution in [0.4, 0.5) is 0 Å². The molecule has 1 atom stereocenters. The fraction of sp³-hybridized carbons (Fsp3) is 0.458. The number of rotatable bonds is 10. The second-order valence-electron chi connectivity index (χ2n) is 7.99. The maximum atomic E-state index is 13.5. The molecule has 0 spiro atoms. The van der Waals surface area contributed by atoms with Gasteiger partial charge < -0.3 is 20.3 Å². The van der Waals surface area contributed by atoms with E-state index in [1.807, 2.05) is 36.6 Å². The van der Waals surface area contributed by atoms with E-state index in [2.05, 4.69) is 10.6 Å².